The number of aliphatic imine (C=N–C) groups is 1. The molecule has 1 saturated heterocycles. The fourth-order valence-electron chi connectivity index (χ4n) is 7.84. The van der Waals surface area contributed by atoms with Crippen LogP contribution in [0, 0.1) is 23.7 Å². The summed E-state index contributed by atoms with van der Waals surface area (Å²) in [7, 11) is 0. The van der Waals surface area contributed by atoms with E-state index in [1.807, 2.05) is 30.9 Å². The van der Waals surface area contributed by atoms with Gasteiger partial charge in [-0.15, -0.1) is 0 Å². The van der Waals surface area contributed by atoms with Crippen molar-refractivity contribution in [3.63, 3.8) is 0 Å². The number of rotatable bonds is 21. The van der Waals surface area contributed by atoms with Crippen LogP contribution in [0.4, 0.5) is 0 Å². The zero-order valence-corrected chi connectivity index (χ0v) is 37.3. The van der Waals surface area contributed by atoms with E-state index in [-0.39, 0.29) is 118 Å². The molecule has 0 aromatic heterocycles. The van der Waals surface area contributed by atoms with Crippen LogP contribution < -0.4 is 32.3 Å². The Morgan fingerprint density at radius 2 is 1.49 bits per heavy atom. The number of fused-ring (bicyclic) bond motifs is 11. The number of hydrogen-bond donors (Lipinski definition) is 8. The van der Waals surface area contributed by atoms with Gasteiger partial charge in [0.2, 0.25) is 17.7 Å². The minimum atomic E-state index is -1.04. The molecular weight excluding hydrogens is 870 g/mol. The second-order valence-corrected chi connectivity index (χ2v) is 16.6. The maximum Gasteiger partial charge on any atom is 0.317 e. The number of nitrogens with two attached hydrogens (primary N) is 2. The molecule has 3 aliphatic rings. The van der Waals surface area contributed by atoms with E-state index in [1.54, 1.807) is 27.4 Å². The van der Waals surface area contributed by atoms with Crippen LogP contribution in [-0.4, -0.2) is 162 Å². The molecule has 0 unspecified atom stereocenters. The summed E-state index contributed by atoms with van der Waals surface area (Å²) in [5.41, 5.74) is 13.5. The first-order chi connectivity index (χ1) is 29.5. The summed E-state index contributed by atoms with van der Waals surface area (Å²) < 4.78 is 5.87. The van der Waals surface area contributed by atoms with Crippen molar-refractivity contribution in [2.75, 3.05) is 78.6 Å². The topological polar surface area (TPSA) is 300 Å². The van der Waals surface area contributed by atoms with E-state index in [1.165, 1.54) is 0 Å². The van der Waals surface area contributed by atoms with Gasteiger partial charge in [0.05, 0.1) is 38.2 Å². The second kappa shape index (κ2) is 28.9. The van der Waals surface area contributed by atoms with Crippen LogP contribution in [0.5, 0.6) is 5.75 Å². The minimum Gasteiger partial charge on any atom is -0.494 e. The number of amides is 3. The molecule has 1 aromatic carbocycles. The van der Waals surface area contributed by atoms with Crippen LogP contribution >= 0.6 is 0 Å². The van der Waals surface area contributed by atoms with Crippen molar-refractivity contribution in [2.45, 2.75) is 77.7 Å². The molecule has 1 aromatic rings. The Hall–Kier alpha value is -4.66. The predicted molar refractivity (Wildman–Crippen MR) is 228 cm³/mol. The quantitative estimate of drug-likeness (QED) is 0.0199. The molecule has 2 bridgehead atoms. The van der Waals surface area contributed by atoms with Gasteiger partial charge in [-0.25, -0.2) is 5.48 Å². The fourth-order valence-corrected chi connectivity index (χ4v) is 7.84. The van der Waals surface area contributed by atoms with Crippen molar-refractivity contribution >= 4 is 47.2 Å². The van der Waals surface area contributed by atoms with Crippen molar-refractivity contribution in [1.82, 2.24) is 30.8 Å². The summed E-state index contributed by atoms with van der Waals surface area (Å²) in [6.45, 7) is 6.39. The molecule has 10 N–H and O–H groups in total. The SMILES string of the molecule is CC(C)C[C@H]1C(=O)N[C@H](C(=O)C[C@@H](CCCN=C(N)N)C(=O)CCCNC(=O)CN2CCN(CC(=O)O)CCN(CC(=O)O)CC2)Cc2ccc(cc2)OCCC[C@@H]1C(=O)NO.[Cu]. The third kappa shape index (κ3) is 21.0. The zero-order chi connectivity index (χ0) is 45.6. The van der Waals surface area contributed by atoms with Crippen molar-refractivity contribution in [3.05, 3.63) is 29.8 Å². The fraction of sp³-hybridized carbons (Fsp3) is 0.667. The molecule has 1 fully saturated rings. The second-order valence-electron chi connectivity index (χ2n) is 16.6. The molecule has 357 valence electrons. The van der Waals surface area contributed by atoms with Crippen LogP contribution in [0.2, 0.25) is 0 Å². The number of benzene rings is 1. The molecule has 20 nitrogen and oxygen atoms in total. The Labute approximate surface area is 379 Å². The number of Topliss-reactive ketones (excluding diaryl/α,β-unsaturated/α-hetero) is 2. The van der Waals surface area contributed by atoms with Crippen LogP contribution in [0.15, 0.2) is 29.3 Å². The maximum absolute atomic E-state index is 14.3. The number of carboxylic acid groups (broad SMARTS) is 2. The van der Waals surface area contributed by atoms with Gasteiger partial charge in [0, 0.05) is 94.1 Å². The molecule has 0 aliphatic carbocycles. The Kier molecular flexibility index (Phi) is 25.0. The zero-order valence-electron chi connectivity index (χ0n) is 36.4. The van der Waals surface area contributed by atoms with Crippen LogP contribution in [0.25, 0.3) is 0 Å². The predicted octanol–water partition coefficient (Wildman–Crippen LogP) is -0.149. The molecule has 63 heavy (non-hydrogen) atoms. The van der Waals surface area contributed by atoms with E-state index in [4.69, 9.17) is 16.2 Å². The number of carbonyl (C=O) groups excluding carboxylic acids is 5. The molecular formula is C42H67CuN9O11. The van der Waals surface area contributed by atoms with E-state index < -0.39 is 47.5 Å². The Balaban J connectivity index is 0.0000137. The van der Waals surface area contributed by atoms with Gasteiger partial charge in [0.25, 0.3) is 0 Å². The average molecular weight is 938 g/mol. The number of ketones is 2. The summed E-state index contributed by atoms with van der Waals surface area (Å²) in [6, 6.07) is 6.11. The summed E-state index contributed by atoms with van der Waals surface area (Å²) in [6.07, 6.45) is 1.92. The summed E-state index contributed by atoms with van der Waals surface area (Å²) in [5, 5.41) is 34.0. The molecule has 4 atom stereocenters. The molecule has 21 heteroatoms. The number of hydroxylamine groups is 1. The van der Waals surface area contributed by atoms with Crippen LogP contribution in [0.1, 0.15) is 70.8 Å². The van der Waals surface area contributed by atoms with Crippen molar-refractivity contribution < 1.29 is 70.8 Å². The first-order valence-electron chi connectivity index (χ1n) is 21.5. The number of hydrogen-bond acceptors (Lipinski definition) is 13. The molecule has 3 amide bonds. The number of guanidine groups is 1. The molecule has 3 aliphatic heterocycles. The van der Waals surface area contributed by atoms with Gasteiger partial charge >= 0.3 is 11.9 Å². The number of carbonyl (C=O) groups is 7. The monoisotopic (exact) mass is 936 g/mol. The van der Waals surface area contributed by atoms with Gasteiger partial charge in [-0.3, -0.25) is 58.5 Å². The summed E-state index contributed by atoms with van der Waals surface area (Å²) in [5.74, 6) is -6.11. The van der Waals surface area contributed by atoms with Gasteiger partial charge in [-0.2, -0.15) is 0 Å². The average Bonchev–Trinajstić information content (AvgIpc) is 3.29. The van der Waals surface area contributed by atoms with Crippen LogP contribution in [-0.2, 0) is 57.1 Å². The van der Waals surface area contributed by atoms with E-state index in [9.17, 15) is 49.0 Å². The van der Waals surface area contributed by atoms with Gasteiger partial charge in [-0.05, 0) is 68.6 Å². The number of nitrogens with one attached hydrogen (secondary N) is 3. The van der Waals surface area contributed by atoms with E-state index in [2.05, 4.69) is 15.6 Å². The molecule has 0 saturated carbocycles. The number of carboxylic acids is 2. The molecule has 0 spiro atoms. The normalized spacial score (nSPS) is 19.9. The third-order valence-electron chi connectivity index (χ3n) is 11.1. The third-order valence-corrected chi connectivity index (χ3v) is 11.1. The maximum atomic E-state index is 14.3. The Bertz CT molecular complexity index is 1650. The van der Waals surface area contributed by atoms with E-state index in [0.29, 0.717) is 70.9 Å². The van der Waals surface area contributed by atoms with E-state index >= 15 is 0 Å². The largest absolute Gasteiger partial charge is 0.494 e. The van der Waals surface area contributed by atoms with Crippen molar-refractivity contribution in [1.29, 1.82) is 0 Å². The van der Waals surface area contributed by atoms with E-state index in [0.717, 1.165) is 5.56 Å². The Morgan fingerprint density at radius 1 is 0.905 bits per heavy atom. The van der Waals surface area contributed by atoms with Crippen LogP contribution in [0.3, 0.4) is 0 Å². The molecule has 3 heterocycles. The summed E-state index contributed by atoms with van der Waals surface area (Å²) in [4.78, 5) is 100. The molecule has 1 radical (unpaired) electrons. The number of nitrogens with zero attached hydrogens (tertiary/aromatic N) is 4. The van der Waals surface area contributed by atoms with Gasteiger partial charge < -0.3 is 37.1 Å². The van der Waals surface area contributed by atoms with Crippen molar-refractivity contribution in [3.8, 4) is 5.75 Å². The minimum absolute atomic E-state index is 0. The molecule has 4 rings (SSSR count). The van der Waals surface area contributed by atoms with Gasteiger partial charge in [-0.1, -0.05) is 26.0 Å². The number of aliphatic carboxylic acids is 2. The Morgan fingerprint density at radius 3 is 2.03 bits per heavy atom. The first kappa shape index (κ1) is 54.5. The van der Waals surface area contributed by atoms with Gasteiger partial charge in [0.1, 0.15) is 11.5 Å². The van der Waals surface area contributed by atoms with Crippen molar-refractivity contribution in [2.24, 2.45) is 40.1 Å². The summed E-state index contributed by atoms with van der Waals surface area (Å²) >= 11 is 0. The first-order valence-corrected chi connectivity index (χ1v) is 21.5. The standard InChI is InChI=1S/C42H67N9O11.Cu/c1-28(2)22-33-32(41(60)48-61)7-5-21-62-31-11-9-29(10-12-31)23-34(47-40(33)59)36(53)24-30(6-3-14-46-42(43)44)35(52)8-4-13-45-37(54)25-49-15-17-50(26-38(55)56)19-20-51(18-16-49)27-39(57)58;/h9-12,28,30,32-34,61H,3-8,13-27H2,1-2H3,(H,45,54)(H,47,59)(H,48,60)(H,55,56)(H,57,58)(H4,43,44,46);/t30-,32+,33-,34+;/m1./s1. The number of ether oxygens (including phenoxy) is 1. The van der Waals surface area contributed by atoms with Gasteiger partial charge in [0.15, 0.2) is 11.7 Å². The smallest absolute Gasteiger partial charge is 0.317 e.